The average molecular weight is 385 g/mol. The van der Waals surface area contributed by atoms with Crippen molar-refractivity contribution in [2.24, 2.45) is 0 Å². The number of rotatable bonds is 5. The summed E-state index contributed by atoms with van der Waals surface area (Å²) in [7, 11) is 1.62. The molecular weight excluding hydrogens is 366 g/mol. The van der Waals surface area contributed by atoms with Gasteiger partial charge in [0, 0.05) is 11.1 Å². The van der Waals surface area contributed by atoms with Crippen LogP contribution in [0.15, 0.2) is 48.5 Å². The molecule has 7 heteroatoms. The van der Waals surface area contributed by atoms with Gasteiger partial charge in [0.1, 0.15) is 28.6 Å². The van der Waals surface area contributed by atoms with Crippen LogP contribution in [0.25, 0.3) is 28.0 Å². The topological polar surface area (TPSA) is 85.8 Å². The molecule has 0 radical (unpaired) electrons. The molecule has 0 amide bonds. The van der Waals surface area contributed by atoms with Crippen molar-refractivity contribution in [2.75, 3.05) is 13.7 Å². The number of benzene rings is 2. The van der Waals surface area contributed by atoms with Gasteiger partial charge in [0.2, 0.25) is 5.88 Å². The highest BCUT2D eigenvalue weighted by molar-refractivity contribution is 5.81. The van der Waals surface area contributed by atoms with E-state index in [-0.39, 0.29) is 0 Å². The highest BCUT2D eigenvalue weighted by atomic mass is 16.5. The van der Waals surface area contributed by atoms with Gasteiger partial charge in [0.15, 0.2) is 0 Å². The molecule has 0 aliphatic rings. The minimum Gasteiger partial charge on any atom is -0.497 e. The number of ether oxygens (including phenoxy) is 2. The van der Waals surface area contributed by atoms with Gasteiger partial charge in [-0.1, -0.05) is 17.3 Å². The third-order valence-corrected chi connectivity index (χ3v) is 4.70. The molecule has 4 aromatic rings. The van der Waals surface area contributed by atoms with Crippen molar-refractivity contribution in [3.05, 3.63) is 59.7 Å². The Kier molecular flexibility index (Phi) is 4.83. The molecule has 4 rings (SSSR count). The maximum atomic E-state index is 9.76. The molecule has 7 nitrogen and oxygen atoms in total. The largest absolute Gasteiger partial charge is 0.497 e. The zero-order valence-electron chi connectivity index (χ0n) is 16.4. The molecule has 0 unspecified atom stereocenters. The van der Waals surface area contributed by atoms with E-state index in [0.29, 0.717) is 29.4 Å². The fourth-order valence-electron chi connectivity index (χ4n) is 3.28. The number of nitriles is 1. The summed E-state index contributed by atoms with van der Waals surface area (Å²) in [6.45, 7) is 4.15. The summed E-state index contributed by atoms with van der Waals surface area (Å²) < 4.78 is 12.7. The van der Waals surface area contributed by atoms with Crippen LogP contribution in [0.2, 0.25) is 0 Å². The van der Waals surface area contributed by atoms with Gasteiger partial charge in [-0.05, 0) is 50.2 Å². The summed E-state index contributed by atoms with van der Waals surface area (Å²) in [5.74, 6) is 1.06. The zero-order valence-corrected chi connectivity index (χ0v) is 16.4. The lowest BCUT2D eigenvalue weighted by Gasteiger charge is -2.17. The minimum atomic E-state index is 0.312. The normalized spacial score (nSPS) is 10.7. The molecule has 0 bridgehead atoms. The highest BCUT2D eigenvalue weighted by Gasteiger charge is 2.22. The van der Waals surface area contributed by atoms with Gasteiger partial charge in [0.25, 0.3) is 0 Å². The fraction of sp³-hybridized carbons (Fsp3) is 0.182. The maximum Gasteiger partial charge on any atom is 0.232 e. The number of fused-ring (bicyclic) bond motifs is 1. The van der Waals surface area contributed by atoms with Crippen molar-refractivity contribution < 1.29 is 9.47 Å². The van der Waals surface area contributed by atoms with E-state index in [1.807, 2.05) is 62.4 Å². The van der Waals surface area contributed by atoms with Crippen LogP contribution in [0.3, 0.4) is 0 Å². The van der Waals surface area contributed by atoms with Crippen LogP contribution in [0, 0.1) is 18.3 Å². The van der Waals surface area contributed by atoms with E-state index in [9.17, 15) is 5.26 Å². The molecule has 0 atom stereocenters. The lowest BCUT2D eigenvalue weighted by Crippen LogP contribution is -2.09. The number of hydrogen-bond acceptors (Lipinski definition) is 6. The van der Waals surface area contributed by atoms with Crippen LogP contribution in [0.4, 0.5) is 0 Å². The Morgan fingerprint density at radius 2 is 1.86 bits per heavy atom. The number of nitrogens with zero attached hydrogens (tertiary/aromatic N) is 5. The monoisotopic (exact) mass is 385 g/mol. The van der Waals surface area contributed by atoms with Gasteiger partial charge < -0.3 is 9.47 Å². The highest BCUT2D eigenvalue weighted by Crippen LogP contribution is 2.35. The predicted molar refractivity (Wildman–Crippen MR) is 109 cm³/mol. The van der Waals surface area contributed by atoms with Gasteiger partial charge in [-0.15, -0.1) is 5.10 Å². The first-order chi connectivity index (χ1) is 14.2. The van der Waals surface area contributed by atoms with E-state index in [1.165, 1.54) is 0 Å². The number of pyridine rings is 1. The van der Waals surface area contributed by atoms with E-state index in [4.69, 9.17) is 14.5 Å². The van der Waals surface area contributed by atoms with E-state index < -0.39 is 0 Å². The molecule has 2 heterocycles. The molecule has 0 N–H and O–H groups in total. The SMILES string of the molecule is CCOc1nc(-c2ccc(OC)cc2)c(-n2nnc3ccccc32)c(C)c1C#N. The third-order valence-electron chi connectivity index (χ3n) is 4.70. The van der Waals surface area contributed by atoms with Crippen LogP contribution < -0.4 is 9.47 Å². The maximum absolute atomic E-state index is 9.76. The minimum absolute atomic E-state index is 0.312. The molecule has 0 saturated carbocycles. The first kappa shape index (κ1) is 18.4. The van der Waals surface area contributed by atoms with Crippen LogP contribution >= 0.6 is 0 Å². The Morgan fingerprint density at radius 3 is 2.55 bits per heavy atom. The molecule has 0 fully saturated rings. The van der Waals surface area contributed by atoms with E-state index >= 15 is 0 Å². The lowest BCUT2D eigenvalue weighted by atomic mass is 10.0. The Labute approximate surface area is 168 Å². The molecule has 0 saturated heterocycles. The van der Waals surface area contributed by atoms with E-state index in [1.54, 1.807) is 11.8 Å². The predicted octanol–water partition coefficient (Wildman–Crippen LogP) is 4.07. The second-order valence-electron chi connectivity index (χ2n) is 6.38. The van der Waals surface area contributed by atoms with Crippen molar-refractivity contribution in [1.29, 1.82) is 5.26 Å². The Morgan fingerprint density at radius 1 is 1.10 bits per heavy atom. The average Bonchev–Trinajstić information content (AvgIpc) is 3.18. The molecular formula is C22H19N5O2. The van der Waals surface area contributed by atoms with Crippen LogP contribution in [0.1, 0.15) is 18.1 Å². The molecule has 29 heavy (non-hydrogen) atoms. The first-order valence-corrected chi connectivity index (χ1v) is 9.20. The quantitative estimate of drug-likeness (QED) is 0.515. The summed E-state index contributed by atoms with van der Waals surface area (Å²) >= 11 is 0. The molecule has 0 aliphatic heterocycles. The van der Waals surface area contributed by atoms with Crippen molar-refractivity contribution in [3.63, 3.8) is 0 Å². The van der Waals surface area contributed by atoms with Gasteiger partial charge in [-0.25, -0.2) is 9.67 Å². The number of aromatic nitrogens is 4. The van der Waals surface area contributed by atoms with Gasteiger partial charge in [0.05, 0.1) is 24.9 Å². The van der Waals surface area contributed by atoms with Crippen molar-refractivity contribution in [3.8, 4) is 34.6 Å². The van der Waals surface area contributed by atoms with Crippen LogP contribution in [-0.4, -0.2) is 33.7 Å². The second-order valence-corrected chi connectivity index (χ2v) is 6.38. The molecule has 144 valence electrons. The summed E-state index contributed by atoms with van der Waals surface area (Å²) in [6.07, 6.45) is 0. The van der Waals surface area contributed by atoms with Crippen molar-refractivity contribution >= 4 is 11.0 Å². The van der Waals surface area contributed by atoms with E-state index in [0.717, 1.165) is 27.9 Å². The summed E-state index contributed by atoms with van der Waals surface area (Å²) in [4.78, 5) is 4.71. The summed E-state index contributed by atoms with van der Waals surface area (Å²) in [5.41, 5.74) is 4.92. The van der Waals surface area contributed by atoms with Gasteiger partial charge in [-0.2, -0.15) is 5.26 Å². The smallest absolute Gasteiger partial charge is 0.232 e. The lowest BCUT2D eigenvalue weighted by molar-refractivity contribution is 0.326. The van der Waals surface area contributed by atoms with E-state index in [2.05, 4.69) is 16.4 Å². The Balaban J connectivity index is 2.05. The van der Waals surface area contributed by atoms with Crippen LogP contribution in [-0.2, 0) is 0 Å². The third kappa shape index (κ3) is 3.15. The molecule has 0 aliphatic carbocycles. The molecule has 2 aromatic heterocycles. The zero-order chi connectivity index (χ0) is 20.4. The van der Waals surface area contributed by atoms with Crippen molar-refractivity contribution in [1.82, 2.24) is 20.0 Å². The standard InChI is InChI=1S/C22H19N5O2/c1-4-29-22-17(13-23)14(2)21(27-19-8-6-5-7-18(19)25-26-27)20(24-22)15-9-11-16(28-3)12-10-15/h5-12H,4H2,1-3H3. The number of methoxy groups -OCH3 is 1. The summed E-state index contributed by atoms with van der Waals surface area (Å²) in [5, 5.41) is 18.4. The van der Waals surface area contributed by atoms with Crippen LogP contribution in [0.5, 0.6) is 11.6 Å². The number of para-hydroxylation sites is 1. The second kappa shape index (κ2) is 7.60. The summed E-state index contributed by atoms with van der Waals surface area (Å²) in [6, 6.07) is 17.5. The molecule has 2 aromatic carbocycles. The fourth-order valence-corrected chi connectivity index (χ4v) is 3.28. The van der Waals surface area contributed by atoms with Crippen molar-refractivity contribution in [2.45, 2.75) is 13.8 Å². The first-order valence-electron chi connectivity index (χ1n) is 9.20. The Bertz CT molecular complexity index is 1220. The van der Waals surface area contributed by atoms with Gasteiger partial charge in [-0.3, -0.25) is 0 Å². The number of hydrogen-bond donors (Lipinski definition) is 0. The molecule has 0 spiro atoms. The van der Waals surface area contributed by atoms with Gasteiger partial charge >= 0.3 is 0 Å². The Hall–Kier alpha value is -3.92.